The third kappa shape index (κ3) is 4.18. The standard InChI is InChI=1S/C17H24N2O3.ClH/c1-4-17(5-2,11-18)19-16(20)13-8-12-9-14(21-3)6-7-15(12)22-10-13;/h6-9H,4-5,10-11,18H2,1-3H3,(H,19,20);1H. The molecule has 0 aliphatic carbocycles. The fraction of sp³-hybridized carbons (Fsp3) is 0.471. The number of halogens is 1. The lowest BCUT2D eigenvalue weighted by molar-refractivity contribution is -0.119. The molecule has 1 amide bonds. The zero-order chi connectivity index (χ0) is 16.2. The van der Waals surface area contributed by atoms with Crippen molar-refractivity contribution in [1.29, 1.82) is 0 Å². The number of hydrogen-bond donors (Lipinski definition) is 2. The van der Waals surface area contributed by atoms with Gasteiger partial charge in [-0.2, -0.15) is 0 Å². The second-order valence-electron chi connectivity index (χ2n) is 5.51. The molecule has 0 radical (unpaired) electrons. The Morgan fingerprint density at radius 3 is 2.65 bits per heavy atom. The van der Waals surface area contributed by atoms with Crippen molar-refractivity contribution < 1.29 is 14.3 Å². The molecule has 1 aromatic rings. The van der Waals surface area contributed by atoms with Crippen LogP contribution in [0.2, 0.25) is 0 Å². The normalized spacial score (nSPS) is 13.1. The number of fused-ring (bicyclic) bond motifs is 1. The van der Waals surface area contributed by atoms with E-state index in [4.69, 9.17) is 15.2 Å². The van der Waals surface area contributed by atoms with Crippen LogP contribution in [0.5, 0.6) is 11.5 Å². The minimum Gasteiger partial charge on any atom is -0.497 e. The van der Waals surface area contributed by atoms with Gasteiger partial charge in [0.15, 0.2) is 0 Å². The Bertz CT molecular complexity index is 575. The number of ether oxygens (including phenoxy) is 2. The van der Waals surface area contributed by atoms with Crippen LogP contribution in [-0.4, -0.2) is 31.7 Å². The van der Waals surface area contributed by atoms with Crippen molar-refractivity contribution in [3.05, 3.63) is 29.3 Å². The lowest BCUT2D eigenvalue weighted by Gasteiger charge is -2.32. The van der Waals surface area contributed by atoms with Crippen LogP contribution in [-0.2, 0) is 4.79 Å². The Morgan fingerprint density at radius 1 is 1.39 bits per heavy atom. The van der Waals surface area contributed by atoms with Crippen molar-refractivity contribution in [2.24, 2.45) is 5.73 Å². The molecular weight excluding hydrogens is 316 g/mol. The zero-order valence-corrected chi connectivity index (χ0v) is 14.7. The average molecular weight is 341 g/mol. The lowest BCUT2D eigenvalue weighted by Crippen LogP contribution is -2.53. The van der Waals surface area contributed by atoms with Gasteiger partial charge in [-0.25, -0.2) is 0 Å². The highest BCUT2D eigenvalue weighted by Gasteiger charge is 2.28. The highest BCUT2D eigenvalue weighted by Crippen LogP contribution is 2.30. The molecule has 0 saturated heterocycles. The topological polar surface area (TPSA) is 73.6 Å². The van der Waals surface area contributed by atoms with Crippen LogP contribution in [0.15, 0.2) is 23.8 Å². The number of carbonyl (C=O) groups excluding carboxylic acids is 1. The number of amides is 1. The summed E-state index contributed by atoms with van der Waals surface area (Å²) in [4.78, 5) is 12.5. The Hall–Kier alpha value is -1.72. The van der Waals surface area contributed by atoms with E-state index in [0.717, 1.165) is 29.9 Å². The van der Waals surface area contributed by atoms with Crippen LogP contribution in [0.4, 0.5) is 0 Å². The van der Waals surface area contributed by atoms with Crippen LogP contribution in [0.25, 0.3) is 6.08 Å². The van der Waals surface area contributed by atoms with E-state index >= 15 is 0 Å². The van der Waals surface area contributed by atoms with E-state index < -0.39 is 0 Å². The molecule has 1 aromatic carbocycles. The van der Waals surface area contributed by atoms with Gasteiger partial charge in [0, 0.05) is 12.1 Å². The van der Waals surface area contributed by atoms with Crippen molar-refractivity contribution in [1.82, 2.24) is 5.32 Å². The van der Waals surface area contributed by atoms with Crippen LogP contribution in [0.1, 0.15) is 32.3 Å². The number of benzene rings is 1. The molecular formula is C17H25ClN2O3. The maximum atomic E-state index is 12.5. The largest absolute Gasteiger partial charge is 0.497 e. The van der Waals surface area contributed by atoms with E-state index in [-0.39, 0.29) is 30.5 Å². The van der Waals surface area contributed by atoms with Crippen molar-refractivity contribution in [2.45, 2.75) is 32.2 Å². The van der Waals surface area contributed by atoms with Gasteiger partial charge in [0.25, 0.3) is 5.91 Å². The molecule has 0 bridgehead atoms. The SMILES string of the molecule is CCC(CC)(CN)NC(=O)C1=Cc2cc(OC)ccc2OC1.Cl. The molecule has 1 aliphatic heterocycles. The van der Waals surface area contributed by atoms with E-state index in [1.807, 2.05) is 38.1 Å². The maximum absolute atomic E-state index is 12.5. The van der Waals surface area contributed by atoms with Gasteiger partial charge in [-0.05, 0) is 37.1 Å². The summed E-state index contributed by atoms with van der Waals surface area (Å²) in [7, 11) is 1.61. The van der Waals surface area contributed by atoms with Gasteiger partial charge in [0.05, 0.1) is 18.2 Å². The van der Waals surface area contributed by atoms with Gasteiger partial charge in [-0.1, -0.05) is 13.8 Å². The fourth-order valence-corrected chi connectivity index (χ4v) is 2.50. The first-order valence-corrected chi connectivity index (χ1v) is 7.61. The highest BCUT2D eigenvalue weighted by molar-refractivity contribution is 5.99. The van der Waals surface area contributed by atoms with E-state index in [1.165, 1.54) is 0 Å². The predicted molar refractivity (Wildman–Crippen MR) is 94.2 cm³/mol. The Morgan fingerprint density at radius 2 is 2.09 bits per heavy atom. The summed E-state index contributed by atoms with van der Waals surface area (Å²) in [5.74, 6) is 1.37. The van der Waals surface area contributed by atoms with Crippen LogP contribution in [0, 0.1) is 0 Å². The molecule has 128 valence electrons. The molecule has 0 spiro atoms. The molecule has 0 saturated carbocycles. The molecule has 0 unspecified atom stereocenters. The van der Waals surface area contributed by atoms with Crippen LogP contribution in [0.3, 0.4) is 0 Å². The summed E-state index contributed by atoms with van der Waals surface area (Å²) in [6.07, 6.45) is 3.44. The third-order valence-corrected chi connectivity index (χ3v) is 4.34. The van der Waals surface area contributed by atoms with Crippen molar-refractivity contribution in [3.63, 3.8) is 0 Å². The van der Waals surface area contributed by atoms with E-state index in [2.05, 4.69) is 5.32 Å². The molecule has 1 aliphatic rings. The molecule has 1 heterocycles. The lowest BCUT2D eigenvalue weighted by atomic mass is 9.92. The fourth-order valence-electron chi connectivity index (χ4n) is 2.50. The number of rotatable bonds is 6. The second-order valence-corrected chi connectivity index (χ2v) is 5.51. The number of nitrogens with two attached hydrogens (primary N) is 1. The number of carbonyl (C=O) groups is 1. The first-order valence-electron chi connectivity index (χ1n) is 7.61. The molecule has 2 rings (SSSR count). The van der Waals surface area contributed by atoms with Crippen molar-refractivity contribution in [2.75, 3.05) is 20.3 Å². The van der Waals surface area contributed by atoms with Gasteiger partial charge in [0.1, 0.15) is 18.1 Å². The minimum atomic E-state index is -0.355. The third-order valence-electron chi connectivity index (χ3n) is 4.34. The first-order chi connectivity index (χ1) is 10.6. The number of nitrogens with one attached hydrogen (secondary N) is 1. The van der Waals surface area contributed by atoms with E-state index in [9.17, 15) is 4.79 Å². The van der Waals surface area contributed by atoms with Gasteiger partial charge in [-0.3, -0.25) is 4.79 Å². The predicted octanol–water partition coefficient (Wildman–Crippen LogP) is 2.53. The molecule has 6 heteroatoms. The molecule has 3 N–H and O–H groups in total. The summed E-state index contributed by atoms with van der Waals surface area (Å²) in [6.45, 7) is 4.74. The summed E-state index contributed by atoms with van der Waals surface area (Å²) in [5.41, 5.74) is 6.93. The molecule has 0 fully saturated rings. The second kappa shape index (κ2) is 8.22. The zero-order valence-electron chi connectivity index (χ0n) is 13.8. The molecule has 0 aromatic heterocycles. The molecule has 5 nitrogen and oxygen atoms in total. The summed E-state index contributed by atoms with van der Waals surface area (Å²) < 4.78 is 10.9. The Balaban J connectivity index is 0.00000264. The smallest absolute Gasteiger partial charge is 0.251 e. The Labute approximate surface area is 143 Å². The Kier molecular flexibility index (Phi) is 6.91. The quantitative estimate of drug-likeness (QED) is 0.834. The number of hydrogen-bond acceptors (Lipinski definition) is 4. The molecule has 0 atom stereocenters. The average Bonchev–Trinajstić information content (AvgIpc) is 2.58. The van der Waals surface area contributed by atoms with Gasteiger partial charge in [-0.15, -0.1) is 12.4 Å². The monoisotopic (exact) mass is 340 g/mol. The summed E-state index contributed by atoms with van der Waals surface area (Å²) >= 11 is 0. The van der Waals surface area contributed by atoms with Crippen LogP contribution >= 0.6 is 12.4 Å². The number of methoxy groups -OCH3 is 1. The maximum Gasteiger partial charge on any atom is 0.251 e. The summed E-state index contributed by atoms with van der Waals surface area (Å²) in [6, 6.07) is 5.55. The summed E-state index contributed by atoms with van der Waals surface area (Å²) in [5, 5.41) is 3.07. The van der Waals surface area contributed by atoms with Crippen molar-refractivity contribution >= 4 is 24.4 Å². The molecule has 23 heavy (non-hydrogen) atoms. The van der Waals surface area contributed by atoms with Gasteiger partial charge < -0.3 is 20.5 Å². The van der Waals surface area contributed by atoms with E-state index in [1.54, 1.807) is 7.11 Å². The van der Waals surface area contributed by atoms with E-state index in [0.29, 0.717) is 12.1 Å². The minimum absolute atomic E-state index is 0. The van der Waals surface area contributed by atoms with Crippen molar-refractivity contribution in [3.8, 4) is 11.5 Å². The van der Waals surface area contributed by atoms with Crippen LogP contribution < -0.4 is 20.5 Å². The van der Waals surface area contributed by atoms with Gasteiger partial charge >= 0.3 is 0 Å². The van der Waals surface area contributed by atoms with Gasteiger partial charge in [0.2, 0.25) is 0 Å². The highest BCUT2D eigenvalue weighted by atomic mass is 35.5. The first kappa shape index (κ1) is 19.3.